The van der Waals surface area contributed by atoms with Crippen LogP contribution in [0.1, 0.15) is 6.42 Å². The van der Waals surface area contributed by atoms with Gasteiger partial charge in [0.15, 0.2) is 5.17 Å². The van der Waals surface area contributed by atoms with Crippen LogP contribution in [-0.4, -0.2) is 59.0 Å². The zero-order valence-electron chi connectivity index (χ0n) is 17.2. The number of benzene rings is 2. The van der Waals surface area contributed by atoms with Crippen LogP contribution in [0.25, 0.3) is 0 Å². The van der Waals surface area contributed by atoms with Crippen molar-refractivity contribution in [1.82, 2.24) is 0 Å². The van der Waals surface area contributed by atoms with Crippen molar-refractivity contribution in [3.63, 3.8) is 0 Å². The monoisotopic (exact) mass is 443 g/mol. The van der Waals surface area contributed by atoms with Gasteiger partial charge in [0.25, 0.3) is 0 Å². The lowest BCUT2D eigenvalue weighted by molar-refractivity contribution is -0.124. The van der Waals surface area contributed by atoms with Gasteiger partial charge in [0.2, 0.25) is 5.91 Å². The summed E-state index contributed by atoms with van der Waals surface area (Å²) in [6, 6.07) is 14.0. The lowest BCUT2D eigenvalue weighted by Gasteiger charge is -2.37. The van der Waals surface area contributed by atoms with Crippen molar-refractivity contribution in [2.45, 2.75) is 29.9 Å². The van der Waals surface area contributed by atoms with Gasteiger partial charge >= 0.3 is 0 Å². The van der Waals surface area contributed by atoms with Gasteiger partial charge in [0, 0.05) is 34.8 Å². The third-order valence-electron chi connectivity index (χ3n) is 5.47. The Balaban J connectivity index is 1.52. The summed E-state index contributed by atoms with van der Waals surface area (Å²) in [6.07, 6.45) is -1.88. The van der Waals surface area contributed by atoms with Crippen LogP contribution in [-0.2, 0) is 4.79 Å². The van der Waals surface area contributed by atoms with E-state index in [9.17, 15) is 15.0 Å². The molecule has 4 rings (SSSR count). The van der Waals surface area contributed by atoms with E-state index in [1.54, 1.807) is 32.4 Å². The second-order valence-corrected chi connectivity index (χ2v) is 8.66. The molecule has 1 saturated carbocycles. The van der Waals surface area contributed by atoms with Gasteiger partial charge in [-0.25, -0.2) is 0 Å². The molecule has 4 N–H and O–H groups in total. The predicted molar refractivity (Wildman–Crippen MR) is 121 cm³/mol. The summed E-state index contributed by atoms with van der Waals surface area (Å²) in [7, 11) is 3.14. The summed E-state index contributed by atoms with van der Waals surface area (Å²) >= 11 is 1.39. The van der Waals surface area contributed by atoms with Gasteiger partial charge in [-0.15, -0.1) is 0 Å². The smallest absolute Gasteiger partial charge is 0.228 e. The van der Waals surface area contributed by atoms with E-state index in [4.69, 9.17) is 9.47 Å². The van der Waals surface area contributed by atoms with Crippen molar-refractivity contribution < 1.29 is 24.5 Å². The van der Waals surface area contributed by atoms with Crippen LogP contribution >= 0.6 is 11.8 Å². The number of rotatable bonds is 5. The first-order chi connectivity index (χ1) is 15.0. The zero-order chi connectivity index (χ0) is 22.0. The van der Waals surface area contributed by atoms with E-state index < -0.39 is 24.2 Å². The maximum Gasteiger partial charge on any atom is 0.228 e. The first-order valence-corrected chi connectivity index (χ1v) is 10.8. The number of aliphatic hydroxyl groups excluding tert-OH is 2. The second-order valence-electron chi connectivity index (χ2n) is 7.49. The first-order valence-electron chi connectivity index (χ1n) is 9.95. The molecule has 31 heavy (non-hydrogen) atoms. The molecule has 2 aliphatic rings. The molecule has 0 saturated heterocycles. The molecule has 1 aliphatic carbocycles. The third-order valence-corrected chi connectivity index (χ3v) is 6.78. The third kappa shape index (κ3) is 4.63. The van der Waals surface area contributed by atoms with Crippen LogP contribution in [0.4, 0.5) is 11.4 Å². The van der Waals surface area contributed by atoms with Crippen LogP contribution in [0.2, 0.25) is 0 Å². The van der Waals surface area contributed by atoms with Crippen molar-refractivity contribution in [2.24, 2.45) is 10.9 Å². The molecule has 2 aromatic rings. The van der Waals surface area contributed by atoms with E-state index in [1.165, 1.54) is 11.8 Å². The summed E-state index contributed by atoms with van der Waals surface area (Å²) in [5, 5.41) is 27.3. The first kappa shape index (κ1) is 21.5. The van der Waals surface area contributed by atoms with Gasteiger partial charge in [0.05, 0.1) is 32.3 Å². The highest BCUT2D eigenvalue weighted by Crippen LogP contribution is 2.42. The number of aliphatic hydroxyl groups is 2. The Labute approximate surface area is 184 Å². The number of amidine groups is 1. The number of nitrogens with one attached hydrogen (secondary N) is 2. The molecule has 0 radical (unpaired) electrons. The molecule has 1 heterocycles. The number of hydrogen-bond acceptors (Lipinski definition) is 8. The molecular weight excluding hydrogens is 418 g/mol. The summed E-state index contributed by atoms with van der Waals surface area (Å²) < 4.78 is 10.6. The number of para-hydroxylation sites is 1. The number of hydrogen-bond donors (Lipinski definition) is 4. The quantitative estimate of drug-likeness (QED) is 0.561. The van der Waals surface area contributed by atoms with Gasteiger partial charge in [-0.3, -0.25) is 9.79 Å². The topological polar surface area (TPSA) is 112 Å². The van der Waals surface area contributed by atoms with Gasteiger partial charge < -0.3 is 30.3 Å². The maximum atomic E-state index is 13.0. The van der Waals surface area contributed by atoms with Crippen molar-refractivity contribution >= 4 is 34.2 Å². The van der Waals surface area contributed by atoms with E-state index in [-0.39, 0.29) is 17.6 Å². The highest BCUT2D eigenvalue weighted by Gasteiger charge is 2.50. The van der Waals surface area contributed by atoms with Crippen LogP contribution in [0.5, 0.6) is 11.5 Å². The molecule has 5 unspecified atom stereocenters. The number of carbonyl (C=O) groups excluding carboxylic acids is 1. The number of anilines is 2. The molecular formula is C22H25N3O5S. The highest BCUT2D eigenvalue weighted by atomic mass is 32.2. The average molecular weight is 444 g/mol. The summed E-state index contributed by atoms with van der Waals surface area (Å²) in [5.74, 6) is 0.549. The molecule has 164 valence electrons. The minimum absolute atomic E-state index is 0.170. The molecule has 8 nitrogen and oxygen atoms in total. The van der Waals surface area contributed by atoms with Gasteiger partial charge in [-0.1, -0.05) is 30.0 Å². The number of amides is 1. The molecule has 0 spiro atoms. The SMILES string of the molecule is COc1cc(NC2=NC3C(O)C(O)CC(C(=O)Nc4ccccc4)C3S2)cc(OC)c1. The summed E-state index contributed by atoms with van der Waals surface area (Å²) in [5.41, 5.74) is 1.40. The summed E-state index contributed by atoms with van der Waals surface area (Å²) in [6.45, 7) is 0. The Kier molecular flexibility index (Phi) is 6.35. The molecule has 0 aromatic heterocycles. The molecule has 1 amide bonds. The lowest BCUT2D eigenvalue weighted by Crippen LogP contribution is -2.52. The minimum Gasteiger partial charge on any atom is -0.497 e. The van der Waals surface area contributed by atoms with Crippen LogP contribution in [0.15, 0.2) is 53.5 Å². The van der Waals surface area contributed by atoms with Crippen molar-refractivity contribution in [3.05, 3.63) is 48.5 Å². The van der Waals surface area contributed by atoms with Gasteiger partial charge in [-0.05, 0) is 18.6 Å². The predicted octanol–water partition coefficient (Wildman–Crippen LogP) is 2.34. The Morgan fingerprint density at radius 3 is 2.39 bits per heavy atom. The van der Waals surface area contributed by atoms with Crippen molar-refractivity contribution in [2.75, 3.05) is 24.9 Å². The standard InChI is InChI=1S/C22H25N3O5S/c1-29-14-8-13(9-15(10-14)30-2)24-22-25-18-19(27)17(26)11-16(20(18)31-22)21(28)23-12-6-4-3-5-7-12/h3-10,16-20,26-27H,11H2,1-2H3,(H,23,28)(H,24,25). The number of methoxy groups -OCH3 is 2. The van der Waals surface area contributed by atoms with E-state index in [0.717, 1.165) is 0 Å². The lowest BCUT2D eigenvalue weighted by atomic mass is 9.81. The number of carbonyl (C=O) groups is 1. The fourth-order valence-corrected chi connectivity index (χ4v) is 5.24. The Bertz CT molecular complexity index is 949. The Morgan fingerprint density at radius 2 is 1.74 bits per heavy atom. The second kappa shape index (κ2) is 9.17. The zero-order valence-corrected chi connectivity index (χ0v) is 18.0. The minimum atomic E-state index is -1.03. The molecule has 0 bridgehead atoms. The average Bonchev–Trinajstić information content (AvgIpc) is 3.20. The van der Waals surface area contributed by atoms with Crippen LogP contribution in [0, 0.1) is 5.92 Å². The van der Waals surface area contributed by atoms with Gasteiger partial charge in [-0.2, -0.15) is 0 Å². The van der Waals surface area contributed by atoms with Gasteiger partial charge in [0.1, 0.15) is 17.6 Å². The van der Waals surface area contributed by atoms with Crippen LogP contribution in [0.3, 0.4) is 0 Å². The summed E-state index contributed by atoms with van der Waals surface area (Å²) in [4.78, 5) is 17.6. The van der Waals surface area contributed by atoms with Crippen LogP contribution < -0.4 is 20.1 Å². The number of nitrogens with zero attached hydrogens (tertiary/aromatic N) is 1. The molecule has 9 heteroatoms. The van der Waals surface area contributed by atoms with E-state index in [0.29, 0.717) is 28.0 Å². The van der Waals surface area contributed by atoms with Crippen molar-refractivity contribution in [3.8, 4) is 11.5 Å². The number of aliphatic imine (C=N–C) groups is 1. The number of thioether (sulfide) groups is 1. The number of fused-ring (bicyclic) bond motifs is 1. The van der Waals surface area contributed by atoms with E-state index in [2.05, 4.69) is 15.6 Å². The Morgan fingerprint density at radius 1 is 1.06 bits per heavy atom. The molecule has 1 fully saturated rings. The van der Waals surface area contributed by atoms with E-state index >= 15 is 0 Å². The largest absolute Gasteiger partial charge is 0.497 e. The maximum absolute atomic E-state index is 13.0. The van der Waals surface area contributed by atoms with Crippen molar-refractivity contribution in [1.29, 1.82) is 0 Å². The molecule has 2 aromatic carbocycles. The molecule has 1 aliphatic heterocycles. The normalized spacial score (nSPS) is 27.1. The highest BCUT2D eigenvalue weighted by molar-refractivity contribution is 8.15. The number of ether oxygens (including phenoxy) is 2. The fraction of sp³-hybridized carbons (Fsp3) is 0.364. The fourth-order valence-electron chi connectivity index (χ4n) is 3.87. The van der Waals surface area contributed by atoms with E-state index in [1.807, 2.05) is 30.3 Å². The molecule has 5 atom stereocenters. The Hall–Kier alpha value is -2.75.